The van der Waals surface area contributed by atoms with Gasteiger partial charge in [0.1, 0.15) is 5.75 Å². The van der Waals surface area contributed by atoms with E-state index in [9.17, 15) is 4.79 Å². The van der Waals surface area contributed by atoms with Crippen molar-refractivity contribution in [2.45, 2.75) is 32.7 Å². The van der Waals surface area contributed by atoms with Crippen LogP contribution in [0.1, 0.15) is 36.2 Å². The van der Waals surface area contributed by atoms with Crippen LogP contribution in [0.3, 0.4) is 0 Å². The fourth-order valence-corrected chi connectivity index (χ4v) is 4.58. The lowest BCUT2D eigenvalue weighted by molar-refractivity contribution is -0.123. The van der Waals surface area contributed by atoms with E-state index in [-0.39, 0.29) is 17.2 Å². The van der Waals surface area contributed by atoms with Crippen LogP contribution in [-0.4, -0.2) is 42.5 Å². The van der Waals surface area contributed by atoms with Gasteiger partial charge in [0.25, 0.3) is 0 Å². The summed E-state index contributed by atoms with van der Waals surface area (Å²) >= 11 is 0. The smallest absolute Gasteiger partial charge is 0.224 e. The summed E-state index contributed by atoms with van der Waals surface area (Å²) in [7, 11) is 1.70. The topological polar surface area (TPSA) is 54.5 Å². The van der Waals surface area contributed by atoms with Crippen molar-refractivity contribution in [2.75, 3.05) is 26.7 Å². The van der Waals surface area contributed by atoms with Crippen molar-refractivity contribution in [3.8, 4) is 5.75 Å². The molecule has 1 N–H and O–H groups in total. The van der Waals surface area contributed by atoms with Crippen molar-refractivity contribution in [2.24, 2.45) is 11.3 Å². The van der Waals surface area contributed by atoms with Gasteiger partial charge < -0.3 is 10.1 Å². The van der Waals surface area contributed by atoms with E-state index in [4.69, 9.17) is 4.74 Å². The van der Waals surface area contributed by atoms with Gasteiger partial charge >= 0.3 is 0 Å². The number of para-hydroxylation sites is 1. The molecule has 2 fully saturated rings. The molecule has 5 nitrogen and oxygen atoms in total. The lowest BCUT2D eigenvalue weighted by atomic mass is 9.90. The number of carbonyl (C=O) groups is 1. The van der Waals surface area contributed by atoms with Crippen molar-refractivity contribution in [3.63, 3.8) is 0 Å². The molecule has 158 valence electrons. The number of rotatable bonds is 7. The van der Waals surface area contributed by atoms with Crippen molar-refractivity contribution >= 4 is 12.0 Å². The highest BCUT2D eigenvalue weighted by Gasteiger charge is 2.58. The summed E-state index contributed by atoms with van der Waals surface area (Å²) < 4.78 is 5.40. The second-order valence-corrected chi connectivity index (χ2v) is 8.55. The Balaban J connectivity index is 1.22. The first-order valence-electron chi connectivity index (χ1n) is 10.8. The van der Waals surface area contributed by atoms with Gasteiger partial charge in [-0.25, -0.2) is 0 Å². The van der Waals surface area contributed by atoms with E-state index >= 15 is 0 Å². The number of amides is 1. The number of nitrogens with one attached hydrogen (secondary N) is 1. The highest BCUT2D eigenvalue weighted by atomic mass is 16.5. The molecule has 1 unspecified atom stereocenters. The maximum absolute atomic E-state index is 12.6. The molecule has 1 saturated heterocycles. The van der Waals surface area contributed by atoms with E-state index in [1.54, 1.807) is 7.11 Å². The van der Waals surface area contributed by atoms with Crippen molar-refractivity contribution in [1.29, 1.82) is 0 Å². The number of piperidine rings is 1. The molecular weight excluding hydrogens is 374 g/mol. The summed E-state index contributed by atoms with van der Waals surface area (Å²) in [6.07, 6.45) is 7.59. The summed E-state index contributed by atoms with van der Waals surface area (Å²) in [5, 5.41) is 3.10. The number of carbonyl (C=O) groups excluding carboxylic acids is 1. The average molecular weight is 406 g/mol. The van der Waals surface area contributed by atoms with Crippen LogP contribution in [0.15, 0.2) is 48.5 Å². The summed E-state index contributed by atoms with van der Waals surface area (Å²) in [6, 6.07) is 14.0. The zero-order valence-corrected chi connectivity index (χ0v) is 17.9. The average Bonchev–Trinajstić information content (AvgIpc) is 3.47. The fraction of sp³-hybridized carbons (Fsp3) is 0.440. The van der Waals surface area contributed by atoms with Crippen LogP contribution in [0.25, 0.3) is 6.08 Å². The number of ether oxygens (including phenoxy) is 1. The van der Waals surface area contributed by atoms with Crippen LogP contribution < -0.4 is 10.1 Å². The molecule has 0 radical (unpaired) electrons. The molecule has 1 aromatic heterocycles. The number of nitrogens with zero attached hydrogens (tertiary/aromatic N) is 2. The molecule has 2 aliphatic rings. The largest absolute Gasteiger partial charge is 0.496 e. The number of aryl methyl sites for hydroxylation is 1. The monoisotopic (exact) mass is 405 g/mol. The van der Waals surface area contributed by atoms with Gasteiger partial charge in [0.05, 0.1) is 19.3 Å². The quantitative estimate of drug-likeness (QED) is 0.761. The number of benzene rings is 1. The minimum atomic E-state index is 0.175. The molecule has 2 heterocycles. The molecule has 1 amide bonds. The first-order valence-corrected chi connectivity index (χ1v) is 10.8. The molecule has 1 aliphatic heterocycles. The molecule has 1 saturated carbocycles. The number of likely N-dealkylation sites (tertiary alicyclic amines) is 1. The Kier molecular flexibility index (Phi) is 6.18. The third-order valence-corrected chi connectivity index (χ3v) is 6.55. The van der Waals surface area contributed by atoms with Gasteiger partial charge in [0, 0.05) is 23.7 Å². The highest BCUT2D eigenvalue weighted by molar-refractivity contribution is 5.82. The summed E-state index contributed by atoms with van der Waals surface area (Å²) in [5.41, 5.74) is 3.24. The standard InChI is InChI=1S/C25H31N3O2/c1-19-7-5-10-21(27-19)18-26-24(29)22-17-25(22)12-15-28(16-13-25)14-6-9-20-8-3-4-11-23(20)30-2/h3-11,22H,12-18H2,1-2H3,(H,26,29). The van der Waals surface area contributed by atoms with Gasteiger partial charge in [-0.3, -0.25) is 14.7 Å². The summed E-state index contributed by atoms with van der Waals surface area (Å²) in [5.74, 6) is 1.27. The third kappa shape index (κ3) is 4.73. The Morgan fingerprint density at radius 2 is 2.03 bits per heavy atom. The minimum Gasteiger partial charge on any atom is -0.496 e. The first kappa shape index (κ1) is 20.6. The van der Waals surface area contributed by atoms with Crippen molar-refractivity contribution in [1.82, 2.24) is 15.2 Å². The molecule has 0 bridgehead atoms. The van der Waals surface area contributed by atoms with Crippen LogP contribution in [-0.2, 0) is 11.3 Å². The van der Waals surface area contributed by atoms with E-state index in [2.05, 4.69) is 33.4 Å². The van der Waals surface area contributed by atoms with E-state index in [0.717, 1.165) is 61.6 Å². The van der Waals surface area contributed by atoms with Gasteiger partial charge in [-0.2, -0.15) is 0 Å². The Morgan fingerprint density at radius 3 is 2.80 bits per heavy atom. The molecular formula is C25H31N3O2. The minimum absolute atomic E-state index is 0.175. The predicted octanol–water partition coefficient (Wildman–Crippen LogP) is 3.83. The Morgan fingerprint density at radius 1 is 1.23 bits per heavy atom. The van der Waals surface area contributed by atoms with Gasteiger partial charge in [-0.1, -0.05) is 36.4 Å². The molecule has 4 rings (SSSR count). The van der Waals surface area contributed by atoms with Crippen LogP contribution in [0.2, 0.25) is 0 Å². The van der Waals surface area contributed by atoms with Crippen LogP contribution in [0.5, 0.6) is 5.75 Å². The SMILES string of the molecule is COc1ccccc1C=CCN1CCC2(CC1)CC2C(=O)NCc1cccc(C)n1. The predicted molar refractivity (Wildman–Crippen MR) is 119 cm³/mol. The molecule has 1 aromatic carbocycles. The van der Waals surface area contributed by atoms with Gasteiger partial charge in [0.15, 0.2) is 0 Å². The zero-order valence-electron chi connectivity index (χ0n) is 17.9. The maximum atomic E-state index is 12.6. The molecule has 2 aromatic rings. The van der Waals surface area contributed by atoms with Gasteiger partial charge in [-0.15, -0.1) is 0 Å². The molecule has 1 atom stereocenters. The Bertz CT molecular complexity index is 916. The highest BCUT2D eigenvalue weighted by Crippen LogP contribution is 2.59. The zero-order chi connectivity index (χ0) is 21.0. The second-order valence-electron chi connectivity index (χ2n) is 8.55. The molecule has 30 heavy (non-hydrogen) atoms. The molecule has 5 heteroatoms. The van der Waals surface area contributed by atoms with Crippen LogP contribution >= 0.6 is 0 Å². The van der Waals surface area contributed by atoms with Crippen LogP contribution in [0, 0.1) is 18.3 Å². The third-order valence-electron chi connectivity index (χ3n) is 6.55. The van der Waals surface area contributed by atoms with Crippen molar-refractivity contribution < 1.29 is 9.53 Å². The Hall–Kier alpha value is -2.66. The lowest BCUT2D eigenvalue weighted by Gasteiger charge is -2.32. The van der Waals surface area contributed by atoms with E-state index < -0.39 is 0 Å². The maximum Gasteiger partial charge on any atom is 0.224 e. The van der Waals surface area contributed by atoms with Gasteiger partial charge in [-0.05, 0) is 62.9 Å². The number of pyridine rings is 1. The van der Waals surface area contributed by atoms with E-state index in [1.165, 1.54) is 0 Å². The summed E-state index contributed by atoms with van der Waals surface area (Å²) in [6.45, 7) is 5.54. The number of hydrogen-bond acceptors (Lipinski definition) is 4. The summed E-state index contributed by atoms with van der Waals surface area (Å²) in [4.78, 5) is 19.6. The number of aromatic nitrogens is 1. The molecule has 1 spiro atoms. The normalized spacial score (nSPS) is 20.4. The van der Waals surface area contributed by atoms with Crippen molar-refractivity contribution in [3.05, 3.63) is 65.5 Å². The van der Waals surface area contributed by atoms with E-state index in [0.29, 0.717) is 6.54 Å². The second kappa shape index (κ2) is 9.00. The first-order chi connectivity index (χ1) is 14.6. The van der Waals surface area contributed by atoms with Gasteiger partial charge in [0.2, 0.25) is 5.91 Å². The van der Waals surface area contributed by atoms with E-state index in [1.807, 2.05) is 43.3 Å². The molecule has 1 aliphatic carbocycles. The number of methoxy groups -OCH3 is 1. The fourth-order valence-electron chi connectivity index (χ4n) is 4.58. The lowest BCUT2D eigenvalue weighted by Crippen LogP contribution is -2.37. The number of hydrogen-bond donors (Lipinski definition) is 1. The Labute approximate surface area is 179 Å². The van der Waals surface area contributed by atoms with Crippen LogP contribution in [0.4, 0.5) is 0 Å².